The van der Waals surface area contributed by atoms with Crippen LogP contribution in [0.3, 0.4) is 0 Å². The maximum absolute atomic E-state index is 6.04. The highest BCUT2D eigenvalue weighted by Gasteiger charge is 2.16. The fourth-order valence-corrected chi connectivity index (χ4v) is 6.78. The largest absolute Gasteiger partial charge is 0.416 e. The highest BCUT2D eigenvalue weighted by molar-refractivity contribution is 5.87. The topological polar surface area (TPSA) is 104 Å². The molecule has 10 rings (SSSR count). The second-order valence-corrected chi connectivity index (χ2v) is 13.3. The van der Waals surface area contributed by atoms with Crippen molar-refractivity contribution in [1.82, 2.24) is 30.4 Å². The van der Waals surface area contributed by atoms with Gasteiger partial charge in [0.05, 0.1) is 22.4 Å². The summed E-state index contributed by atoms with van der Waals surface area (Å²) in [5.74, 6) is 1.93. The smallest absolute Gasteiger partial charge is 0.248 e. The van der Waals surface area contributed by atoms with E-state index in [4.69, 9.17) is 18.8 Å². The third kappa shape index (κ3) is 6.41. The van der Waals surface area contributed by atoms with Crippen LogP contribution < -0.4 is 0 Å². The molecule has 0 amide bonds. The van der Waals surface area contributed by atoms with Crippen LogP contribution in [-0.4, -0.2) is 30.4 Å². The summed E-state index contributed by atoms with van der Waals surface area (Å²) in [4.78, 5) is 10.3. The molecule has 264 valence electrons. The first-order chi connectivity index (χ1) is 27.7. The molecule has 0 atom stereocenters. The lowest BCUT2D eigenvalue weighted by molar-refractivity contribution is 0.584. The molecule has 0 saturated carbocycles. The first-order valence-electron chi connectivity index (χ1n) is 18.2. The van der Waals surface area contributed by atoms with E-state index in [1.807, 2.05) is 109 Å². The van der Waals surface area contributed by atoms with Crippen LogP contribution in [0.25, 0.3) is 102 Å². The minimum atomic E-state index is 0.474. The van der Waals surface area contributed by atoms with Gasteiger partial charge in [-0.3, -0.25) is 0 Å². The minimum absolute atomic E-state index is 0.474. The van der Waals surface area contributed by atoms with Gasteiger partial charge in [-0.2, -0.15) is 0 Å². The Kier molecular flexibility index (Phi) is 8.31. The van der Waals surface area contributed by atoms with Gasteiger partial charge in [0.2, 0.25) is 23.6 Å². The summed E-state index contributed by atoms with van der Waals surface area (Å²) in [7, 11) is 0. The van der Waals surface area contributed by atoms with Gasteiger partial charge < -0.3 is 8.83 Å². The van der Waals surface area contributed by atoms with E-state index >= 15 is 0 Å². The standard InChI is InChI=1S/C48H30N6O2/c1-3-11-35(12-4-1)45-51-53-47(55-45)39-17-9-15-37(29-39)31-21-25-33(26-22-31)43-44(50-42-20-8-7-19-41(42)49-43)34-27-23-32(24-28-34)38-16-10-18-40(30-38)48-54-52-46(56-48)36-13-5-2-6-14-36/h1-30H. The molecule has 0 N–H and O–H groups in total. The molecule has 8 nitrogen and oxygen atoms in total. The monoisotopic (exact) mass is 722 g/mol. The zero-order chi connectivity index (χ0) is 37.3. The van der Waals surface area contributed by atoms with Gasteiger partial charge in [-0.05, 0) is 82.9 Å². The van der Waals surface area contributed by atoms with E-state index in [2.05, 4.69) is 93.2 Å². The van der Waals surface area contributed by atoms with Crippen molar-refractivity contribution in [3.05, 3.63) is 182 Å². The van der Waals surface area contributed by atoms with E-state index in [-0.39, 0.29) is 0 Å². The van der Waals surface area contributed by atoms with E-state index in [0.717, 1.165) is 78.1 Å². The Morgan fingerprint density at radius 2 is 0.571 bits per heavy atom. The van der Waals surface area contributed by atoms with Gasteiger partial charge in [-0.25, -0.2) is 9.97 Å². The minimum Gasteiger partial charge on any atom is -0.416 e. The van der Waals surface area contributed by atoms with Crippen molar-refractivity contribution in [2.24, 2.45) is 0 Å². The summed E-state index contributed by atoms with van der Waals surface area (Å²) < 4.78 is 12.1. The molecule has 10 aromatic rings. The summed E-state index contributed by atoms with van der Waals surface area (Å²) in [5.41, 5.74) is 12.9. The Balaban J connectivity index is 0.944. The SMILES string of the molecule is c1ccc(-c2nnc(-c3cccc(-c4ccc(-c5nc6ccccc6nc5-c5ccc(-c6cccc(-c7nnc(-c8ccccc8)o7)c6)cc5)cc4)c3)o2)cc1. The lowest BCUT2D eigenvalue weighted by Crippen LogP contribution is -1.95. The van der Waals surface area contributed by atoms with Gasteiger partial charge in [-0.1, -0.05) is 121 Å². The Hall–Kier alpha value is -7.84. The maximum atomic E-state index is 6.04. The molecule has 7 aromatic carbocycles. The molecule has 56 heavy (non-hydrogen) atoms. The van der Waals surface area contributed by atoms with Crippen LogP contribution in [-0.2, 0) is 0 Å². The molecule has 8 heteroatoms. The number of aromatic nitrogens is 6. The highest BCUT2D eigenvalue weighted by atomic mass is 16.4. The van der Waals surface area contributed by atoms with Crippen LogP contribution in [0.4, 0.5) is 0 Å². The zero-order valence-electron chi connectivity index (χ0n) is 29.8. The van der Waals surface area contributed by atoms with Crippen molar-refractivity contribution in [2.45, 2.75) is 0 Å². The van der Waals surface area contributed by atoms with E-state index in [1.54, 1.807) is 0 Å². The van der Waals surface area contributed by atoms with Gasteiger partial charge in [0.15, 0.2) is 0 Å². The van der Waals surface area contributed by atoms with Gasteiger partial charge in [0, 0.05) is 33.4 Å². The molecular weight excluding hydrogens is 693 g/mol. The van der Waals surface area contributed by atoms with Crippen molar-refractivity contribution in [3.63, 3.8) is 0 Å². The lowest BCUT2D eigenvalue weighted by atomic mass is 9.97. The van der Waals surface area contributed by atoms with Crippen molar-refractivity contribution in [1.29, 1.82) is 0 Å². The Labute approximate surface area is 321 Å². The van der Waals surface area contributed by atoms with Crippen molar-refractivity contribution < 1.29 is 8.83 Å². The Morgan fingerprint density at radius 3 is 0.982 bits per heavy atom. The fraction of sp³-hybridized carbons (Fsp3) is 0. The van der Waals surface area contributed by atoms with Crippen molar-refractivity contribution in [2.75, 3.05) is 0 Å². The summed E-state index contributed by atoms with van der Waals surface area (Å²) in [6, 6.07) is 60.6. The second kappa shape index (κ2) is 14.2. The second-order valence-electron chi connectivity index (χ2n) is 13.3. The molecule has 0 aliphatic heterocycles. The molecule has 0 aliphatic rings. The number of nitrogens with zero attached hydrogens (tertiary/aromatic N) is 6. The first-order valence-corrected chi connectivity index (χ1v) is 18.2. The Morgan fingerprint density at radius 1 is 0.250 bits per heavy atom. The van der Waals surface area contributed by atoms with Crippen LogP contribution in [0.2, 0.25) is 0 Å². The number of rotatable bonds is 8. The molecule has 0 fully saturated rings. The quantitative estimate of drug-likeness (QED) is 0.153. The number of fused-ring (bicyclic) bond motifs is 1. The maximum Gasteiger partial charge on any atom is 0.248 e. The van der Waals surface area contributed by atoms with Crippen molar-refractivity contribution >= 4 is 11.0 Å². The fourth-order valence-electron chi connectivity index (χ4n) is 6.78. The number of hydrogen-bond acceptors (Lipinski definition) is 8. The van der Waals surface area contributed by atoms with E-state index < -0.39 is 0 Å². The molecule has 0 saturated heterocycles. The van der Waals surface area contributed by atoms with Gasteiger partial charge in [-0.15, -0.1) is 20.4 Å². The average Bonchev–Trinajstić information content (AvgIpc) is 3.99. The van der Waals surface area contributed by atoms with E-state index in [9.17, 15) is 0 Å². The third-order valence-corrected chi connectivity index (χ3v) is 9.66. The van der Waals surface area contributed by atoms with Crippen LogP contribution in [0, 0.1) is 0 Å². The molecular formula is C48H30N6O2. The molecule has 0 bridgehead atoms. The van der Waals surface area contributed by atoms with Crippen LogP contribution in [0.1, 0.15) is 0 Å². The average molecular weight is 723 g/mol. The number of benzene rings is 7. The normalized spacial score (nSPS) is 11.2. The number of para-hydroxylation sites is 2. The van der Waals surface area contributed by atoms with Gasteiger partial charge >= 0.3 is 0 Å². The molecule has 0 aliphatic carbocycles. The molecule has 0 radical (unpaired) electrons. The van der Waals surface area contributed by atoms with Crippen LogP contribution in [0.5, 0.6) is 0 Å². The van der Waals surface area contributed by atoms with E-state index in [1.165, 1.54) is 0 Å². The summed E-state index contributed by atoms with van der Waals surface area (Å²) in [5, 5.41) is 17.2. The van der Waals surface area contributed by atoms with Gasteiger partial charge in [0.25, 0.3) is 0 Å². The summed E-state index contributed by atoms with van der Waals surface area (Å²) >= 11 is 0. The highest BCUT2D eigenvalue weighted by Crippen LogP contribution is 2.35. The zero-order valence-corrected chi connectivity index (χ0v) is 29.8. The molecule has 0 spiro atoms. The molecule has 3 aromatic heterocycles. The van der Waals surface area contributed by atoms with Gasteiger partial charge in [0.1, 0.15) is 0 Å². The first kappa shape index (κ1) is 32.8. The molecule has 3 heterocycles. The number of hydrogen-bond donors (Lipinski definition) is 0. The summed E-state index contributed by atoms with van der Waals surface area (Å²) in [6.45, 7) is 0. The summed E-state index contributed by atoms with van der Waals surface area (Å²) in [6.07, 6.45) is 0. The lowest BCUT2D eigenvalue weighted by Gasteiger charge is -2.12. The van der Waals surface area contributed by atoms with Crippen LogP contribution in [0.15, 0.2) is 191 Å². The predicted octanol–water partition coefficient (Wildman–Crippen LogP) is 11.7. The third-order valence-electron chi connectivity index (χ3n) is 9.66. The Bertz CT molecular complexity index is 2750. The van der Waals surface area contributed by atoms with Crippen molar-refractivity contribution in [3.8, 4) is 90.6 Å². The van der Waals surface area contributed by atoms with E-state index in [0.29, 0.717) is 23.6 Å². The van der Waals surface area contributed by atoms with Crippen LogP contribution >= 0.6 is 0 Å². The predicted molar refractivity (Wildman–Crippen MR) is 219 cm³/mol. The molecule has 0 unspecified atom stereocenters.